The number of nitrogens with zero attached hydrogens (tertiary/aromatic N) is 11. The predicted octanol–water partition coefficient (Wildman–Crippen LogP) is 13.0. The van der Waals surface area contributed by atoms with Gasteiger partial charge in [0.05, 0.1) is 11.1 Å². The van der Waals surface area contributed by atoms with Gasteiger partial charge in [-0.15, -0.1) is 0 Å². The number of rotatable bonds is 8. The minimum Gasteiger partial charge on any atom is -0.455 e. The van der Waals surface area contributed by atoms with Gasteiger partial charge in [-0.2, -0.15) is 36.5 Å². The van der Waals surface area contributed by atoms with Crippen LogP contribution in [-0.4, -0.2) is 14.1 Å². The van der Waals surface area contributed by atoms with Crippen LogP contribution in [0.1, 0.15) is 16.8 Å². The zero-order valence-corrected chi connectivity index (χ0v) is 56.8. The molecule has 0 saturated carbocycles. The Labute approximate surface area is 560 Å². The molecule has 0 N–H and O–H groups in total. The van der Waals surface area contributed by atoms with Crippen molar-refractivity contribution < 1.29 is 63.0 Å². The highest BCUT2D eigenvalue weighted by molar-refractivity contribution is 6.10. The monoisotopic (exact) mass is 1290 g/mol. The predicted molar refractivity (Wildman–Crippen MR) is 370 cm³/mol. The number of furan rings is 2. The quantitative estimate of drug-likeness (QED) is 0.138. The molecule has 0 atom stereocenters. The normalized spacial score (nSPS) is 11.4. The summed E-state index contributed by atoms with van der Waals surface area (Å²) < 4.78 is 56.1. The Bertz CT molecular complexity index is 5750. The summed E-state index contributed by atoms with van der Waals surface area (Å²) in [5.74, 6) is 3.30. The topological polar surface area (TPSA) is 133 Å². The van der Waals surface area contributed by atoms with Crippen LogP contribution in [-0.2, 0) is 70.5 Å². The Balaban J connectivity index is 0.000000112. The van der Waals surface area contributed by atoms with E-state index in [9.17, 15) is 0 Å². The number of oxazole rings is 4. The van der Waals surface area contributed by atoms with E-state index in [2.05, 4.69) is 246 Å². The second kappa shape index (κ2) is 25.7. The molecule has 0 spiro atoms. The fraction of sp³-hybridized carbons (Fsp3) is 0.163. The highest BCUT2D eigenvalue weighted by atomic mass is 16.4. The van der Waals surface area contributed by atoms with E-state index >= 15 is 0 Å². The lowest BCUT2D eigenvalue weighted by Crippen LogP contribution is -2.38. The van der Waals surface area contributed by atoms with Crippen molar-refractivity contribution >= 4 is 54.9 Å². The zero-order valence-electron chi connectivity index (χ0n) is 56.8. The summed E-state index contributed by atoms with van der Waals surface area (Å²) in [5, 5.41) is 5.65. The van der Waals surface area contributed by atoms with Gasteiger partial charge in [-0.1, -0.05) is 60.7 Å². The molecule has 0 saturated heterocycles. The minimum atomic E-state index is 0.679. The SMILES string of the molecule is Cc1ccc2c(n1)oc1c(-c3cccc(-c4occ[n+]4C)[n+]3C)c(C)ccc12.Cc1ccc2c(oc3ccccc32)c1-c1cccc(-c2occ[n+]2C)[n+]1C.Cn1c(-c2cccc(-c3occ[n+]3C)[n+]2C)cc2ccccc21.Cn1cccc1-c1cccc(-c2occ[n+]2C)[n+]1C. The third-order valence-electron chi connectivity index (χ3n) is 18.5. The summed E-state index contributed by atoms with van der Waals surface area (Å²) in [6.07, 6.45) is 16.5. The van der Waals surface area contributed by atoms with Crippen LogP contribution < -0.4 is 36.5 Å². The number of aromatic nitrogens is 11. The molecule has 17 nitrogen and oxygen atoms in total. The molecule has 0 unspecified atom stereocenters. The second-order valence-corrected chi connectivity index (χ2v) is 24.6. The lowest BCUT2D eigenvalue weighted by atomic mass is 10.0. The number of para-hydroxylation sites is 2. The molecule has 0 amide bonds. The van der Waals surface area contributed by atoms with Crippen molar-refractivity contribution in [1.29, 1.82) is 0 Å². The molecule has 0 aliphatic carbocycles. The Morgan fingerprint density at radius 1 is 0.361 bits per heavy atom. The van der Waals surface area contributed by atoms with Gasteiger partial charge in [-0.25, -0.2) is 4.98 Å². The van der Waals surface area contributed by atoms with Gasteiger partial charge in [-0.3, -0.25) is 0 Å². The van der Waals surface area contributed by atoms with E-state index < -0.39 is 0 Å². The highest BCUT2D eigenvalue weighted by Crippen LogP contribution is 2.39. The molecule has 0 aliphatic heterocycles. The highest BCUT2D eigenvalue weighted by Gasteiger charge is 2.33. The van der Waals surface area contributed by atoms with Crippen LogP contribution in [0.4, 0.5) is 0 Å². The molecule has 17 aromatic rings. The summed E-state index contributed by atoms with van der Waals surface area (Å²) in [4.78, 5) is 4.58. The van der Waals surface area contributed by atoms with Gasteiger partial charge in [-0.05, 0) is 98.6 Å². The third kappa shape index (κ3) is 11.3. The van der Waals surface area contributed by atoms with Crippen LogP contribution >= 0.6 is 0 Å². The lowest BCUT2D eigenvalue weighted by molar-refractivity contribution is -0.687. The molecule has 97 heavy (non-hydrogen) atoms. The van der Waals surface area contributed by atoms with E-state index in [1.807, 2.05) is 102 Å². The van der Waals surface area contributed by atoms with E-state index in [1.54, 1.807) is 25.1 Å². The Morgan fingerprint density at radius 3 is 1.26 bits per heavy atom. The van der Waals surface area contributed by atoms with E-state index in [-0.39, 0.29) is 0 Å². The van der Waals surface area contributed by atoms with Crippen molar-refractivity contribution in [3.63, 3.8) is 0 Å². The maximum absolute atomic E-state index is 6.29. The van der Waals surface area contributed by atoms with E-state index in [1.165, 1.54) is 27.9 Å². The zero-order chi connectivity index (χ0) is 67.3. The molecule has 0 radical (unpaired) electrons. The summed E-state index contributed by atoms with van der Waals surface area (Å²) >= 11 is 0. The van der Waals surface area contributed by atoms with Crippen LogP contribution in [0.3, 0.4) is 0 Å². The number of pyridine rings is 5. The van der Waals surface area contributed by atoms with Crippen LogP contribution in [0.25, 0.3) is 147 Å². The van der Waals surface area contributed by atoms with Gasteiger partial charge in [0, 0.05) is 107 Å². The van der Waals surface area contributed by atoms with Crippen LogP contribution in [0.15, 0.2) is 258 Å². The van der Waals surface area contributed by atoms with Gasteiger partial charge in [0.2, 0.25) is 53.3 Å². The number of aryl methyl sites for hydroxylation is 9. The molecule has 13 heterocycles. The van der Waals surface area contributed by atoms with Crippen LogP contribution in [0.2, 0.25) is 0 Å². The van der Waals surface area contributed by atoms with E-state index in [4.69, 9.17) is 26.5 Å². The molecule has 17 heteroatoms. The van der Waals surface area contributed by atoms with E-state index in [0.717, 1.165) is 130 Å². The Morgan fingerprint density at radius 2 is 0.784 bits per heavy atom. The lowest BCUT2D eigenvalue weighted by Gasteiger charge is -2.06. The standard InChI is InChI=1S/C23H21N3O2.C23H20N2O2.C19H19N3O.C15H17N3O/c1-14-8-10-16-17-11-9-15(2)24-22(17)28-21(16)20(14)18-6-5-7-19(26(18)4)23-25(3)12-13-27-23;1-15-11-12-17-16-7-4-5-10-20(16)27-22(17)21(15)18-8-6-9-19(25(18)3)23-24(2)13-14-26-23;1-20-11-12-23-19(20)17-10-6-9-16(22(17)3)18-13-14-7-4-5-8-15(14)21(18)2;1-16-9-5-8-12(16)13-6-4-7-14(18(13)3)15-17(2)10-11-19-15/h5-13H,1-4H3;4-14H,1-3H3;4-13H,1-3H3;4-11H,1-3H3/q4*+2. The van der Waals surface area contributed by atoms with Crippen molar-refractivity contribution in [1.82, 2.24) is 14.1 Å². The summed E-state index contributed by atoms with van der Waals surface area (Å²) in [6.45, 7) is 6.22. The second-order valence-electron chi connectivity index (χ2n) is 24.6. The number of hydrogen-bond acceptors (Lipinski definition) is 7. The fourth-order valence-corrected chi connectivity index (χ4v) is 13.2. The Hall–Kier alpha value is -12.1. The smallest absolute Gasteiger partial charge is 0.446 e. The first-order chi connectivity index (χ1) is 47.0. The minimum absolute atomic E-state index is 0.679. The molecular weight excluding hydrogens is 1210 g/mol. The maximum Gasteiger partial charge on any atom is 0.446 e. The van der Waals surface area contributed by atoms with Crippen LogP contribution in [0, 0.1) is 20.8 Å². The first-order valence-corrected chi connectivity index (χ1v) is 32.1. The van der Waals surface area contributed by atoms with Gasteiger partial charge in [0.25, 0.3) is 0 Å². The molecule has 480 valence electrons. The fourth-order valence-electron chi connectivity index (χ4n) is 13.2. The number of benzene rings is 4. The Kier molecular flexibility index (Phi) is 16.5. The average Bonchev–Trinajstić information content (AvgIpc) is 1.65. The maximum atomic E-state index is 6.29. The molecular formula is C80H77N11O6+8. The summed E-state index contributed by atoms with van der Waals surface area (Å²) in [7, 11) is 20.3. The van der Waals surface area contributed by atoms with Crippen molar-refractivity contribution in [2.75, 3.05) is 0 Å². The molecule has 17 rings (SSSR count). The van der Waals surface area contributed by atoms with Gasteiger partial charge in [0.15, 0.2) is 30.6 Å². The van der Waals surface area contributed by atoms with Gasteiger partial charge >= 0.3 is 46.3 Å². The average molecular weight is 1290 g/mol. The van der Waals surface area contributed by atoms with Crippen molar-refractivity contribution in [2.24, 2.45) is 70.5 Å². The summed E-state index contributed by atoms with van der Waals surface area (Å²) in [5.41, 5.74) is 21.0. The first kappa shape index (κ1) is 62.3. The number of hydrogen-bond donors (Lipinski definition) is 0. The molecule has 4 aromatic carbocycles. The third-order valence-corrected chi connectivity index (χ3v) is 18.5. The molecule has 13 aromatic heterocycles. The molecule has 0 bridgehead atoms. The van der Waals surface area contributed by atoms with Gasteiger partial charge in [0.1, 0.15) is 78.9 Å². The van der Waals surface area contributed by atoms with Gasteiger partial charge < -0.3 is 35.6 Å². The largest absolute Gasteiger partial charge is 0.455 e. The first-order valence-electron chi connectivity index (χ1n) is 32.1. The number of fused-ring (bicyclic) bond motifs is 7. The summed E-state index contributed by atoms with van der Waals surface area (Å²) in [6, 6.07) is 60.7. The molecule has 0 fully saturated rings. The van der Waals surface area contributed by atoms with Crippen LogP contribution in [0.5, 0.6) is 0 Å². The van der Waals surface area contributed by atoms with Crippen molar-refractivity contribution in [3.05, 3.63) is 249 Å². The van der Waals surface area contributed by atoms with Crippen molar-refractivity contribution in [3.8, 4) is 91.6 Å². The van der Waals surface area contributed by atoms with Crippen molar-refractivity contribution in [2.45, 2.75) is 20.8 Å². The molecule has 0 aliphatic rings. The van der Waals surface area contributed by atoms with E-state index in [0.29, 0.717) is 5.71 Å².